The second-order valence-corrected chi connectivity index (χ2v) is 7.41. The third-order valence-corrected chi connectivity index (χ3v) is 5.19. The largest absolute Gasteiger partial charge is 0.355 e. The molecule has 5 nitrogen and oxygen atoms in total. The van der Waals surface area contributed by atoms with Crippen LogP contribution in [0.25, 0.3) is 0 Å². The molecule has 0 aliphatic heterocycles. The maximum Gasteiger partial charge on any atom is 0.240 e. The lowest BCUT2D eigenvalue weighted by molar-refractivity contribution is -0.120. The molecule has 0 aliphatic rings. The molecule has 0 aliphatic carbocycles. The Morgan fingerprint density at radius 1 is 1.00 bits per heavy atom. The summed E-state index contributed by atoms with van der Waals surface area (Å²) in [5, 5.41) is 2.71. The van der Waals surface area contributed by atoms with Crippen LogP contribution in [0.3, 0.4) is 0 Å². The summed E-state index contributed by atoms with van der Waals surface area (Å²) in [4.78, 5) is 12.1. The number of benzene rings is 2. The van der Waals surface area contributed by atoms with Gasteiger partial charge < -0.3 is 5.32 Å². The SMILES string of the molecule is Cc1ccc(S(=O)(=O)NCCNC(=O)Cc2ccccc2)c(C)c1. The van der Waals surface area contributed by atoms with E-state index in [-0.39, 0.29) is 30.3 Å². The number of hydrogen-bond donors (Lipinski definition) is 2. The smallest absolute Gasteiger partial charge is 0.240 e. The summed E-state index contributed by atoms with van der Waals surface area (Å²) in [6.45, 7) is 4.08. The van der Waals surface area contributed by atoms with Crippen LogP contribution in [0, 0.1) is 13.8 Å². The Morgan fingerprint density at radius 3 is 2.38 bits per heavy atom. The van der Waals surface area contributed by atoms with E-state index >= 15 is 0 Å². The highest BCUT2D eigenvalue weighted by Gasteiger charge is 2.16. The summed E-state index contributed by atoms with van der Waals surface area (Å²) in [6.07, 6.45) is 0.282. The fourth-order valence-electron chi connectivity index (χ4n) is 2.41. The van der Waals surface area contributed by atoms with Gasteiger partial charge in [-0.25, -0.2) is 13.1 Å². The van der Waals surface area contributed by atoms with Gasteiger partial charge in [-0.2, -0.15) is 0 Å². The van der Waals surface area contributed by atoms with Gasteiger partial charge in [-0.1, -0.05) is 48.0 Å². The fraction of sp³-hybridized carbons (Fsp3) is 0.278. The van der Waals surface area contributed by atoms with Gasteiger partial charge in [-0.05, 0) is 31.0 Å². The molecule has 24 heavy (non-hydrogen) atoms. The predicted molar refractivity (Wildman–Crippen MR) is 94.3 cm³/mol. The summed E-state index contributed by atoms with van der Waals surface area (Å²) in [5.41, 5.74) is 2.64. The van der Waals surface area contributed by atoms with Gasteiger partial charge in [-0.15, -0.1) is 0 Å². The summed E-state index contributed by atoms with van der Waals surface area (Å²) >= 11 is 0. The van der Waals surface area contributed by atoms with Gasteiger partial charge in [0.2, 0.25) is 15.9 Å². The minimum atomic E-state index is -3.57. The van der Waals surface area contributed by atoms with E-state index in [1.807, 2.05) is 43.3 Å². The van der Waals surface area contributed by atoms with Crippen molar-refractivity contribution in [2.75, 3.05) is 13.1 Å². The number of sulfonamides is 1. The van der Waals surface area contributed by atoms with Crippen molar-refractivity contribution in [3.8, 4) is 0 Å². The Bertz CT molecular complexity index is 802. The highest BCUT2D eigenvalue weighted by Crippen LogP contribution is 2.15. The Kier molecular flexibility index (Phi) is 6.11. The van der Waals surface area contributed by atoms with Crippen LogP contribution in [0.1, 0.15) is 16.7 Å². The lowest BCUT2D eigenvalue weighted by Crippen LogP contribution is -2.35. The molecule has 1 amide bonds. The van der Waals surface area contributed by atoms with E-state index in [0.717, 1.165) is 11.1 Å². The maximum atomic E-state index is 12.3. The van der Waals surface area contributed by atoms with Crippen molar-refractivity contribution in [3.05, 3.63) is 65.2 Å². The van der Waals surface area contributed by atoms with Crippen molar-refractivity contribution in [1.82, 2.24) is 10.0 Å². The molecule has 0 fully saturated rings. The molecule has 128 valence electrons. The van der Waals surface area contributed by atoms with Crippen LogP contribution in [0.15, 0.2) is 53.4 Å². The number of carbonyl (C=O) groups excluding carboxylic acids is 1. The monoisotopic (exact) mass is 346 g/mol. The number of nitrogens with one attached hydrogen (secondary N) is 2. The predicted octanol–water partition coefficient (Wildman–Crippen LogP) is 1.94. The van der Waals surface area contributed by atoms with Gasteiger partial charge >= 0.3 is 0 Å². The second kappa shape index (κ2) is 8.08. The van der Waals surface area contributed by atoms with E-state index in [4.69, 9.17) is 0 Å². The molecule has 0 saturated heterocycles. The van der Waals surface area contributed by atoms with Crippen molar-refractivity contribution in [2.24, 2.45) is 0 Å². The zero-order valence-electron chi connectivity index (χ0n) is 13.9. The minimum Gasteiger partial charge on any atom is -0.355 e. The van der Waals surface area contributed by atoms with Gasteiger partial charge in [0.05, 0.1) is 11.3 Å². The molecule has 0 atom stereocenters. The van der Waals surface area contributed by atoms with E-state index in [0.29, 0.717) is 5.56 Å². The Balaban J connectivity index is 1.82. The van der Waals surface area contributed by atoms with E-state index in [9.17, 15) is 13.2 Å². The van der Waals surface area contributed by atoms with Gasteiger partial charge in [0.1, 0.15) is 0 Å². The van der Waals surface area contributed by atoms with Crippen molar-refractivity contribution in [3.63, 3.8) is 0 Å². The molecule has 0 saturated carbocycles. The molecule has 0 unspecified atom stereocenters. The standard InChI is InChI=1S/C18H22N2O3S/c1-14-8-9-17(15(2)12-14)24(22,23)20-11-10-19-18(21)13-16-6-4-3-5-7-16/h3-9,12,20H,10-11,13H2,1-2H3,(H,19,21). The molecular weight excluding hydrogens is 324 g/mol. The van der Waals surface area contributed by atoms with E-state index in [1.54, 1.807) is 19.1 Å². The maximum absolute atomic E-state index is 12.3. The van der Waals surface area contributed by atoms with Crippen LogP contribution >= 0.6 is 0 Å². The highest BCUT2D eigenvalue weighted by atomic mass is 32.2. The first-order chi connectivity index (χ1) is 11.4. The zero-order chi connectivity index (χ0) is 17.6. The lowest BCUT2D eigenvalue weighted by atomic mass is 10.1. The first-order valence-electron chi connectivity index (χ1n) is 7.76. The lowest BCUT2D eigenvalue weighted by Gasteiger charge is -2.10. The molecule has 2 N–H and O–H groups in total. The first kappa shape index (κ1) is 18.2. The molecule has 6 heteroatoms. The molecule has 0 heterocycles. The normalized spacial score (nSPS) is 11.2. The quantitative estimate of drug-likeness (QED) is 0.753. The molecule has 0 spiro atoms. The van der Waals surface area contributed by atoms with Gasteiger partial charge in [0, 0.05) is 13.1 Å². The fourth-order valence-corrected chi connectivity index (χ4v) is 3.67. The van der Waals surface area contributed by atoms with Gasteiger partial charge in [0.25, 0.3) is 0 Å². The second-order valence-electron chi connectivity index (χ2n) is 5.68. The van der Waals surface area contributed by atoms with Crippen molar-refractivity contribution >= 4 is 15.9 Å². The van der Waals surface area contributed by atoms with Crippen molar-refractivity contribution in [2.45, 2.75) is 25.2 Å². The van der Waals surface area contributed by atoms with E-state index in [1.165, 1.54) is 0 Å². The molecule has 0 radical (unpaired) electrons. The van der Waals surface area contributed by atoms with Crippen LogP contribution in [-0.4, -0.2) is 27.4 Å². The molecule has 2 aromatic carbocycles. The third-order valence-electron chi connectivity index (χ3n) is 3.57. The molecule has 2 rings (SSSR count). The Hall–Kier alpha value is -2.18. The molecule has 0 bridgehead atoms. The summed E-state index contributed by atoms with van der Waals surface area (Å²) < 4.78 is 27.1. The van der Waals surface area contributed by atoms with E-state index in [2.05, 4.69) is 10.0 Å². The molecule has 0 aromatic heterocycles. The summed E-state index contributed by atoms with van der Waals surface area (Å²) in [5.74, 6) is -0.132. The summed E-state index contributed by atoms with van der Waals surface area (Å²) in [6, 6.07) is 14.6. The molecule has 2 aromatic rings. The van der Waals surface area contributed by atoms with Gasteiger partial charge in [0.15, 0.2) is 0 Å². The molecular formula is C18H22N2O3S. The Morgan fingerprint density at radius 2 is 1.71 bits per heavy atom. The number of rotatable bonds is 7. The van der Waals surface area contributed by atoms with Crippen LogP contribution in [0.5, 0.6) is 0 Å². The van der Waals surface area contributed by atoms with Crippen LogP contribution < -0.4 is 10.0 Å². The number of carbonyl (C=O) groups is 1. The van der Waals surface area contributed by atoms with Gasteiger partial charge in [-0.3, -0.25) is 4.79 Å². The van der Waals surface area contributed by atoms with Crippen LogP contribution in [0.2, 0.25) is 0 Å². The third kappa shape index (κ3) is 5.18. The van der Waals surface area contributed by atoms with Crippen LogP contribution in [0.4, 0.5) is 0 Å². The summed E-state index contributed by atoms with van der Waals surface area (Å²) in [7, 11) is -3.57. The average Bonchev–Trinajstić information content (AvgIpc) is 2.52. The number of amides is 1. The Labute approximate surface area is 143 Å². The minimum absolute atomic E-state index is 0.132. The van der Waals surface area contributed by atoms with Crippen molar-refractivity contribution in [1.29, 1.82) is 0 Å². The first-order valence-corrected chi connectivity index (χ1v) is 9.24. The van der Waals surface area contributed by atoms with E-state index < -0.39 is 10.0 Å². The highest BCUT2D eigenvalue weighted by molar-refractivity contribution is 7.89. The number of aryl methyl sites for hydroxylation is 2. The van der Waals surface area contributed by atoms with Crippen LogP contribution in [-0.2, 0) is 21.2 Å². The zero-order valence-corrected chi connectivity index (χ0v) is 14.7. The van der Waals surface area contributed by atoms with Crippen molar-refractivity contribution < 1.29 is 13.2 Å². The average molecular weight is 346 g/mol. The number of hydrogen-bond acceptors (Lipinski definition) is 3. The topological polar surface area (TPSA) is 75.3 Å².